The van der Waals surface area contributed by atoms with E-state index in [0.717, 1.165) is 25.7 Å². The molecular weight excluding hydrogens is 216 g/mol. The molecule has 0 bridgehead atoms. The van der Waals surface area contributed by atoms with Crippen LogP contribution in [-0.2, 0) is 0 Å². The fourth-order valence-electron chi connectivity index (χ4n) is 2.11. The smallest absolute Gasteiger partial charge is 0.297 e. The van der Waals surface area contributed by atoms with E-state index in [1.165, 1.54) is 4.57 Å². The van der Waals surface area contributed by atoms with Crippen molar-refractivity contribution in [1.29, 1.82) is 0 Å². The van der Waals surface area contributed by atoms with Gasteiger partial charge in [0.25, 0.3) is 5.56 Å². The van der Waals surface area contributed by atoms with Gasteiger partial charge in [0.05, 0.1) is 0 Å². The maximum atomic E-state index is 11.9. The Hall–Kier alpha value is -1.03. The van der Waals surface area contributed by atoms with E-state index in [0.29, 0.717) is 5.56 Å². The number of nitrogens with zero attached hydrogens (tertiary/aromatic N) is 1. The number of aromatic nitrogens is 2. The first-order valence-corrected chi connectivity index (χ1v) is 5.50. The molecule has 1 aromatic rings. The minimum absolute atomic E-state index is 0.0530. The Morgan fingerprint density at radius 3 is 2.53 bits per heavy atom. The van der Waals surface area contributed by atoms with E-state index in [4.69, 9.17) is 11.6 Å². The summed E-state index contributed by atoms with van der Waals surface area (Å²) in [7, 11) is 0. The van der Waals surface area contributed by atoms with Crippen molar-refractivity contribution in [3.8, 4) is 0 Å². The first-order chi connectivity index (χ1) is 7.11. The normalized spacial score (nSPS) is 17.2. The predicted octanol–water partition coefficient (Wildman–Crippen LogP) is 1.61. The summed E-state index contributed by atoms with van der Waals surface area (Å²) < 4.78 is 1.31. The molecule has 1 N–H and O–H groups in total. The van der Waals surface area contributed by atoms with Gasteiger partial charge in [-0.1, -0.05) is 24.4 Å². The number of halogens is 1. The topological polar surface area (TPSA) is 54.9 Å². The van der Waals surface area contributed by atoms with Crippen molar-refractivity contribution in [2.75, 3.05) is 0 Å². The van der Waals surface area contributed by atoms with Crippen LogP contribution in [-0.4, -0.2) is 9.55 Å². The molecule has 5 heteroatoms. The first kappa shape index (κ1) is 10.5. The molecule has 1 fully saturated rings. The van der Waals surface area contributed by atoms with Crippen LogP contribution in [0.25, 0.3) is 0 Å². The summed E-state index contributed by atoms with van der Waals surface area (Å²) in [5.41, 5.74) is -0.221. The maximum Gasteiger partial charge on any atom is 0.329 e. The minimum atomic E-state index is -0.387. The van der Waals surface area contributed by atoms with E-state index in [9.17, 15) is 9.59 Å². The minimum Gasteiger partial charge on any atom is -0.297 e. The summed E-state index contributed by atoms with van der Waals surface area (Å²) in [6.45, 7) is 1.63. The molecule has 0 aromatic carbocycles. The number of hydrogen-bond acceptors (Lipinski definition) is 2. The van der Waals surface area contributed by atoms with Crippen LogP contribution < -0.4 is 11.2 Å². The van der Waals surface area contributed by atoms with Gasteiger partial charge in [-0.2, -0.15) is 0 Å². The van der Waals surface area contributed by atoms with Crippen LogP contribution in [0.2, 0.25) is 5.15 Å². The third kappa shape index (κ3) is 1.74. The number of hydrogen-bond donors (Lipinski definition) is 1. The molecule has 0 aliphatic heterocycles. The molecule has 4 nitrogen and oxygen atoms in total. The predicted molar refractivity (Wildman–Crippen MR) is 58.6 cm³/mol. The SMILES string of the molecule is Cc1c(Cl)[nH]c(=O)n(C2CCCC2)c1=O. The van der Waals surface area contributed by atoms with Crippen LogP contribution in [0.4, 0.5) is 0 Å². The molecule has 1 saturated carbocycles. The van der Waals surface area contributed by atoms with E-state index in [-0.39, 0.29) is 22.4 Å². The summed E-state index contributed by atoms with van der Waals surface area (Å²) in [4.78, 5) is 26.0. The fourth-order valence-corrected chi connectivity index (χ4v) is 2.27. The molecule has 0 amide bonds. The average Bonchev–Trinajstić information content (AvgIpc) is 2.68. The van der Waals surface area contributed by atoms with Crippen LogP contribution in [0.3, 0.4) is 0 Å². The molecule has 0 unspecified atom stereocenters. The highest BCUT2D eigenvalue weighted by Crippen LogP contribution is 2.27. The van der Waals surface area contributed by atoms with Gasteiger partial charge in [0.2, 0.25) is 0 Å². The highest BCUT2D eigenvalue weighted by Gasteiger charge is 2.21. The Morgan fingerprint density at radius 2 is 1.93 bits per heavy atom. The molecule has 82 valence electrons. The van der Waals surface area contributed by atoms with Crippen molar-refractivity contribution in [2.45, 2.75) is 38.6 Å². The standard InChI is InChI=1S/C10H13ClN2O2/c1-6-8(11)12-10(15)13(9(6)14)7-4-2-3-5-7/h7H,2-5H2,1H3,(H,12,15). The van der Waals surface area contributed by atoms with Gasteiger partial charge in [0.15, 0.2) is 0 Å². The zero-order chi connectivity index (χ0) is 11.0. The molecule has 0 atom stereocenters. The van der Waals surface area contributed by atoms with Crippen LogP contribution in [0.5, 0.6) is 0 Å². The third-order valence-electron chi connectivity index (χ3n) is 2.99. The van der Waals surface area contributed by atoms with E-state index < -0.39 is 0 Å². The molecule has 0 spiro atoms. The molecule has 0 saturated heterocycles. The lowest BCUT2D eigenvalue weighted by Gasteiger charge is -2.12. The molecule has 15 heavy (non-hydrogen) atoms. The largest absolute Gasteiger partial charge is 0.329 e. The van der Waals surface area contributed by atoms with E-state index in [1.54, 1.807) is 6.92 Å². The summed E-state index contributed by atoms with van der Waals surface area (Å²) >= 11 is 5.73. The van der Waals surface area contributed by atoms with Crippen molar-refractivity contribution in [3.63, 3.8) is 0 Å². The Balaban J connectivity index is 2.60. The zero-order valence-corrected chi connectivity index (χ0v) is 9.30. The van der Waals surface area contributed by atoms with Crippen molar-refractivity contribution in [3.05, 3.63) is 31.6 Å². The Labute approximate surface area is 91.9 Å². The Bertz CT molecular complexity index is 483. The summed E-state index contributed by atoms with van der Waals surface area (Å²) in [6, 6.07) is 0.0530. The first-order valence-electron chi connectivity index (χ1n) is 5.12. The van der Waals surface area contributed by atoms with Crippen molar-refractivity contribution < 1.29 is 0 Å². The lowest BCUT2D eigenvalue weighted by atomic mass is 10.2. The monoisotopic (exact) mass is 228 g/mol. The van der Waals surface area contributed by atoms with Gasteiger partial charge in [0.1, 0.15) is 5.15 Å². The van der Waals surface area contributed by atoms with Gasteiger partial charge < -0.3 is 0 Å². The summed E-state index contributed by atoms with van der Waals surface area (Å²) in [5.74, 6) is 0. The molecule has 2 rings (SSSR count). The maximum absolute atomic E-state index is 11.9. The van der Waals surface area contributed by atoms with Crippen molar-refractivity contribution in [1.82, 2.24) is 9.55 Å². The van der Waals surface area contributed by atoms with Gasteiger partial charge in [-0.05, 0) is 19.8 Å². The summed E-state index contributed by atoms with van der Waals surface area (Å²) in [5, 5.41) is 0.152. The second-order valence-electron chi connectivity index (χ2n) is 3.98. The quantitative estimate of drug-likeness (QED) is 0.743. The third-order valence-corrected chi connectivity index (χ3v) is 3.37. The number of nitrogens with one attached hydrogen (secondary N) is 1. The zero-order valence-electron chi connectivity index (χ0n) is 8.55. The van der Waals surface area contributed by atoms with Crippen LogP contribution in [0.15, 0.2) is 9.59 Å². The second kappa shape index (κ2) is 3.85. The Kier molecular flexibility index (Phi) is 2.69. The highest BCUT2D eigenvalue weighted by atomic mass is 35.5. The molecule has 1 heterocycles. The van der Waals surface area contributed by atoms with Gasteiger partial charge in [-0.3, -0.25) is 14.3 Å². The van der Waals surface area contributed by atoms with Gasteiger partial charge >= 0.3 is 5.69 Å². The highest BCUT2D eigenvalue weighted by molar-refractivity contribution is 6.30. The van der Waals surface area contributed by atoms with E-state index in [1.807, 2.05) is 0 Å². The van der Waals surface area contributed by atoms with Crippen LogP contribution in [0.1, 0.15) is 37.3 Å². The average molecular weight is 229 g/mol. The molecule has 1 aliphatic carbocycles. The number of H-pyrrole nitrogens is 1. The van der Waals surface area contributed by atoms with Gasteiger partial charge in [0, 0.05) is 11.6 Å². The Morgan fingerprint density at radius 1 is 1.33 bits per heavy atom. The lowest BCUT2D eigenvalue weighted by molar-refractivity contribution is 0.476. The fraction of sp³-hybridized carbons (Fsp3) is 0.600. The molecular formula is C10H13ClN2O2. The van der Waals surface area contributed by atoms with Crippen molar-refractivity contribution in [2.24, 2.45) is 0 Å². The number of aromatic amines is 1. The summed E-state index contributed by atoms with van der Waals surface area (Å²) in [6.07, 6.45) is 3.98. The molecule has 0 radical (unpaired) electrons. The van der Waals surface area contributed by atoms with Crippen LogP contribution >= 0.6 is 11.6 Å². The second-order valence-corrected chi connectivity index (χ2v) is 4.36. The van der Waals surface area contributed by atoms with E-state index in [2.05, 4.69) is 4.98 Å². The molecule has 1 aromatic heterocycles. The van der Waals surface area contributed by atoms with Gasteiger partial charge in [-0.15, -0.1) is 0 Å². The van der Waals surface area contributed by atoms with Gasteiger partial charge in [-0.25, -0.2) is 4.79 Å². The van der Waals surface area contributed by atoms with Crippen molar-refractivity contribution >= 4 is 11.6 Å². The van der Waals surface area contributed by atoms with E-state index >= 15 is 0 Å². The van der Waals surface area contributed by atoms with Crippen LogP contribution in [0, 0.1) is 6.92 Å². The number of rotatable bonds is 1. The lowest BCUT2D eigenvalue weighted by Crippen LogP contribution is -2.38. The molecule has 1 aliphatic rings.